The fraction of sp³-hybridized carbons (Fsp3) is 0.571. The van der Waals surface area contributed by atoms with Gasteiger partial charge in [-0.15, -0.1) is 0 Å². The van der Waals surface area contributed by atoms with Gasteiger partial charge in [0.2, 0.25) is 10.0 Å². The van der Waals surface area contributed by atoms with Crippen molar-refractivity contribution in [3.05, 3.63) is 35.4 Å². The molecule has 0 amide bonds. The van der Waals surface area contributed by atoms with E-state index in [4.69, 9.17) is 0 Å². The first-order chi connectivity index (χ1) is 8.97. The number of aryl methyl sites for hydroxylation is 1. The Morgan fingerprint density at radius 3 is 2.79 bits per heavy atom. The smallest absolute Gasteiger partial charge is 0.208 e. The molecule has 0 saturated carbocycles. The maximum Gasteiger partial charge on any atom is 0.208 e. The Bertz CT molecular complexity index is 528. The number of sulfonamides is 1. The van der Waals surface area contributed by atoms with Crippen LogP contribution in [0.1, 0.15) is 23.5 Å². The zero-order valence-electron chi connectivity index (χ0n) is 11.5. The van der Waals surface area contributed by atoms with E-state index in [1.807, 2.05) is 6.07 Å². The van der Waals surface area contributed by atoms with Crippen LogP contribution in [0.15, 0.2) is 24.3 Å². The van der Waals surface area contributed by atoms with Gasteiger partial charge in [0.15, 0.2) is 0 Å². The minimum Gasteiger partial charge on any atom is -0.316 e. The van der Waals surface area contributed by atoms with E-state index in [2.05, 4.69) is 35.2 Å². The average Bonchev–Trinajstić information content (AvgIpc) is 2.37. The first kappa shape index (κ1) is 14.5. The molecule has 1 fully saturated rings. The SMILES string of the molecule is Cc1ccccc1[C@H]1CCNC[C@@H]1CNS(C)(=O)=O. The van der Waals surface area contributed by atoms with Crippen molar-refractivity contribution in [2.24, 2.45) is 5.92 Å². The zero-order valence-corrected chi connectivity index (χ0v) is 12.3. The lowest BCUT2D eigenvalue weighted by molar-refractivity contribution is 0.325. The van der Waals surface area contributed by atoms with Gasteiger partial charge in [-0.05, 0) is 49.4 Å². The molecule has 0 spiro atoms. The molecule has 2 rings (SSSR count). The minimum atomic E-state index is -3.12. The molecule has 0 bridgehead atoms. The van der Waals surface area contributed by atoms with Crippen molar-refractivity contribution >= 4 is 10.0 Å². The lowest BCUT2D eigenvalue weighted by Crippen LogP contribution is -2.42. The van der Waals surface area contributed by atoms with Crippen LogP contribution < -0.4 is 10.0 Å². The Kier molecular flexibility index (Phi) is 4.60. The van der Waals surface area contributed by atoms with Crippen LogP contribution >= 0.6 is 0 Å². The molecule has 2 N–H and O–H groups in total. The van der Waals surface area contributed by atoms with Gasteiger partial charge in [0.25, 0.3) is 0 Å². The van der Waals surface area contributed by atoms with Gasteiger partial charge in [-0.2, -0.15) is 0 Å². The molecule has 1 saturated heterocycles. The van der Waals surface area contributed by atoms with Crippen molar-refractivity contribution < 1.29 is 8.42 Å². The molecule has 5 heteroatoms. The number of nitrogens with one attached hydrogen (secondary N) is 2. The molecule has 106 valence electrons. The highest BCUT2D eigenvalue weighted by Gasteiger charge is 2.27. The van der Waals surface area contributed by atoms with Gasteiger partial charge in [-0.25, -0.2) is 13.1 Å². The van der Waals surface area contributed by atoms with Crippen LogP contribution in [0, 0.1) is 12.8 Å². The summed E-state index contributed by atoms with van der Waals surface area (Å²) in [5, 5.41) is 3.36. The van der Waals surface area contributed by atoms with Gasteiger partial charge in [0.05, 0.1) is 6.26 Å². The molecule has 1 aliphatic heterocycles. The van der Waals surface area contributed by atoms with Crippen LogP contribution in [0.4, 0.5) is 0 Å². The molecular weight excluding hydrogens is 260 g/mol. The molecule has 1 aliphatic rings. The van der Waals surface area contributed by atoms with Crippen molar-refractivity contribution in [2.45, 2.75) is 19.3 Å². The Balaban J connectivity index is 2.14. The van der Waals surface area contributed by atoms with Crippen molar-refractivity contribution in [1.29, 1.82) is 0 Å². The molecule has 1 heterocycles. The highest BCUT2D eigenvalue weighted by atomic mass is 32.2. The Hall–Kier alpha value is -0.910. The lowest BCUT2D eigenvalue weighted by atomic mass is 9.79. The number of hydrogen-bond acceptors (Lipinski definition) is 3. The summed E-state index contributed by atoms with van der Waals surface area (Å²) in [6.45, 7) is 4.49. The van der Waals surface area contributed by atoms with E-state index in [-0.39, 0.29) is 0 Å². The molecular formula is C14H22N2O2S. The van der Waals surface area contributed by atoms with E-state index in [0.29, 0.717) is 18.4 Å². The molecule has 0 unspecified atom stereocenters. The van der Waals surface area contributed by atoms with E-state index in [9.17, 15) is 8.42 Å². The van der Waals surface area contributed by atoms with Gasteiger partial charge in [0, 0.05) is 6.54 Å². The highest BCUT2D eigenvalue weighted by molar-refractivity contribution is 7.88. The molecule has 2 atom stereocenters. The maximum absolute atomic E-state index is 11.3. The van der Waals surface area contributed by atoms with Crippen molar-refractivity contribution in [3.8, 4) is 0 Å². The van der Waals surface area contributed by atoms with Gasteiger partial charge >= 0.3 is 0 Å². The second kappa shape index (κ2) is 6.03. The minimum absolute atomic E-state index is 0.310. The van der Waals surface area contributed by atoms with Crippen LogP contribution in [0.25, 0.3) is 0 Å². The molecule has 0 aliphatic carbocycles. The number of piperidine rings is 1. The van der Waals surface area contributed by atoms with E-state index < -0.39 is 10.0 Å². The van der Waals surface area contributed by atoms with Crippen LogP contribution in [-0.4, -0.2) is 34.3 Å². The standard InChI is InChI=1S/C14H22N2O2S/c1-11-5-3-4-6-13(11)14-7-8-15-9-12(14)10-16-19(2,17)18/h3-6,12,14-16H,7-10H2,1-2H3/t12-,14+/m1/s1. The summed E-state index contributed by atoms with van der Waals surface area (Å²) in [6.07, 6.45) is 2.27. The maximum atomic E-state index is 11.3. The van der Waals surface area contributed by atoms with Crippen molar-refractivity contribution in [2.75, 3.05) is 25.9 Å². The first-order valence-electron chi connectivity index (χ1n) is 6.68. The van der Waals surface area contributed by atoms with Gasteiger partial charge in [-0.3, -0.25) is 0 Å². The summed E-state index contributed by atoms with van der Waals surface area (Å²) in [5.74, 6) is 0.737. The summed E-state index contributed by atoms with van der Waals surface area (Å²) in [7, 11) is -3.12. The largest absolute Gasteiger partial charge is 0.316 e. The highest BCUT2D eigenvalue weighted by Crippen LogP contribution is 2.31. The third kappa shape index (κ3) is 4.03. The molecule has 1 aromatic rings. The monoisotopic (exact) mass is 282 g/mol. The zero-order chi connectivity index (χ0) is 13.9. The quantitative estimate of drug-likeness (QED) is 0.873. The number of hydrogen-bond donors (Lipinski definition) is 2. The molecule has 0 aromatic heterocycles. The summed E-state index contributed by atoms with van der Waals surface area (Å²) in [4.78, 5) is 0. The Labute approximate surface area is 115 Å². The topological polar surface area (TPSA) is 58.2 Å². The average molecular weight is 282 g/mol. The molecule has 1 aromatic carbocycles. The second-order valence-corrected chi connectivity index (χ2v) is 7.17. The van der Waals surface area contributed by atoms with E-state index in [1.54, 1.807) is 0 Å². The molecule has 4 nitrogen and oxygen atoms in total. The predicted octanol–water partition coefficient (Wildman–Crippen LogP) is 1.24. The van der Waals surface area contributed by atoms with Gasteiger partial charge in [0.1, 0.15) is 0 Å². The lowest BCUT2D eigenvalue weighted by Gasteiger charge is -2.33. The molecule has 19 heavy (non-hydrogen) atoms. The number of rotatable bonds is 4. The van der Waals surface area contributed by atoms with Gasteiger partial charge < -0.3 is 5.32 Å². The molecule has 0 radical (unpaired) electrons. The van der Waals surface area contributed by atoms with Crippen LogP contribution in [0.2, 0.25) is 0 Å². The van der Waals surface area contributed by atoms with Gasteiger partial charge in [-0.1, -0.05) is 24.3 Å². The Morgan fingerprint density at radius 2 is 2.11 bits per heavy atom. The van der Waals surface area contributed by atoms with Crippen LogP contribution in [0.5, 0.6) is 0 Å². The van der Waals surface area contributed by atoms with E-state index >= 15 is 0 Å². The van der Waals surface area contributed by atoms with Crippen LogP contribution in [0.3, 0.4) is 0 Å². The summed E-state index contributed by atoms with van der Waals surface area (Å²) in [6, 6.07) is 8.40. The van der Waals surface area contributed by atoms with Crippen molar-refractivity contribution in [1.82, 2.24) is 10.0 Å². The first-order valence-corrected chi connectivity index (χ1v) is 8.57. The summed E-state index contributed by atoms with van der Waals surface area (Å²) < 4.78 is 25.1. The fourth-order valence-corrected chi connectivity index (χ4v) is 3.32. The second-order valence-electron chi connectivity index (χ2n) is 5.34. The summed E-state index contributed by atoms with van der Waals surface area (Å²) >= 11 is 0. The number of benzene rings is 1. The normalized spacial score (nSPS) is 24.3. The van der Waals surface area contributed by atoms with E-state index in [0.717, 1.165) is 19.5 Å². The predicted molar refractivity (Wildman–Crippen MR) is 77.7 cm³/mol. The Morgan fingerprint density at radius 1 is 1.37 bits per heavy atom. The van der Waals surface area contributed by atoms with Crippen LogP contribution in [-0.2, 0) is 10.0 Å². The third-order valence-corrected chi connectivity index (χ3v) is 4.49. The third-order valence-electron chi connectivity index (χ3n) is 3.80. The van der Waals surface area contributed by atoms with Crippen molar-refractivity contribution in [3.63, 3.8) is 0 Å². The van der Waals surface area contributed by atoms with E-state index in [1.165, 1.54) is 17.4 Å². The fourth-order valence-electron chi connectivity index (χ4n) is 2.81. The summed E-state index contributed by atoms with van der Waals surface area (Å²) in [5.41, 5.74) is 2.64.